The number of benzene rings is 1. The number of ether oxygens (including phenoxy) is 1. The zero-order valence-electron chi connectivity index (χ0n) is 12.2. The SMILES string of the molecule is C1CO1.CC.CCCCCC=Cc1ccccc1. The van der Waals surface area contributed by atoms with Gasteiger partial charge in [-0.25, -0.2) is 0 Å². The first-order valence-corrected chi connectivity index (χ1v) is 7.23. The maximum Gasteiger partial charge on any atom is 0.0701 e. The molecule has 0 amide bonds. The number of unbranched alkanes of at least 4 members (excludes halogenated alkanes) is 3. The Kier molecular flexibility index (Phi) is 13.1. The van der Waals surface area contributed by atoms with Crippen LogP contribution in [0.3, 0.4) is 0 Å². The fourth-order valence-corrected chi connectivity index (χ4v) is 1.30. The summed E-state index contributed by atoms with van der Waals surface area (Å²) in [5, 5.41) is 0. The Bertz CT molecular complexity index is 272. The lowest BCUT2D eigenvalue weighted by Crippen LogP contribution is -1.72. The van der Waals surface area contributed by atoms with E-state index in [1.807, 2.05) is 13.8 Å². The third-order valence-electron chi connectivity index (χ3n) is 2.29. The first kappa shape index (κ1) is 16.9. The van der Waals surface area contributed by atoms with E-state index in [4.69, 9.17) is 0 Å². The maximum absolute atomic E-state index is 4.50. The van der Waals surface area contributed by atoms with E-state index in [9.17, 15) is 0 Å². The standard InChI is InChI=1S/C13H18.C2H4O.C2H6/c1-2-3-4-5-7-10-13-11-8-6-9-12-13;1-2-3-1;1-2/h6-12H,2-5H2,1H3;1-2H2;1-2H3. The average Bonchev–Trinajstić information content (AvgIpc) is 3.30. The summed E-state index contributed by atoms with van der Waals surface area (Å²) in [6.45, 7) is 8.24. The van der Waals surface area contributed by atoms with Crippen molar-refractivity contribution < 1.29 is 4.74 Å². The van der Waals surface area contributed by atoms with Crippen LogP contribution < -0.4 is 0 Å². The molecule has 1 aliphatic heterocycles. The molecule has 0 atom stereocenters. The molecule has 0 unspecified atom stereocenters. The van der Waals surface area contributed by atoms with Crippen molar-refractivity contribution in [2.24, 2.45) is 0 Å². The highest BCUT2D eigenvalue weighted by molar-refractivity contribution is 5.48. The molecular weight excluding hydrogens is 220 g/mol. The summed E-state index contributed by atoms with van der Waals surface area (Å²) in [6.07, 6.45) is 9.65. The molecule has 0 radical (unpaired) electrons. The van der Waals surface area contributed by atoms with Gasteiger partial charge >= 0.3 is 0 Å². The Morgan fingerprint density at radius 1 is 1.06 bits per heavy atom. The van der Waals surface area contributed by atoms with Gasteiger partial charge in [-0.15, -0.1) is 0 Å². The molecule has 0 aliphatic carbocycles. The third-order valence-corrected chi connectivity index (χ3v) is 2.29. The fraction of sp³-hybridized carbons (Fsp3) is 0.529. The van der Waals surface area contributed by atoms with Crippen molar-refractivity contribution in [3.63, 3.8) is 0 Å². The molecule has 1 heterocycles. The summed E-state index contributed by atoms with van der Waals surface area (Å²) in [5.74, 6) is 0. The first-order chi connectivity index (χ1) is 8.93. The summed E-state index contributed by atoms with van der Waals surface area (Å²) in [6, 6.07) is 10.5. The van der Waals surface area contributed by atoms with Gasteiger partial charge in [-0.3, -0.25) is 0 Å². The maximum atomic E-state index is 4.50. The van der Waals surface area contributed by atoms with Crippen molar-refractivity contribution in [1.82, 2.24) is 0 Å². The minimum absolute atomic E-state index is 1.00. The van der Waals surface area contributed by atoms with Crippen LogP contribution in [0.1, 0.15) is 52.0 Å². The molecule has 1 nitrogen and oxygen atoms in total. The van der Waals surface area contributed by atoms with E-state index in [0.29, 0.717) is 0 Å². The van der Waals surface area contributed by atoms with Gasteiger partial charge in [0.15, 0.2) is 0 Å². The van der Waals surface area contributed by atoms with Crippen molar-refractivity contribution in [1.29, 1.82) is 0 Å². The van der Waals surface area contributed by atoms with Gasteiger partial charge in [0.2, 0.25) is 0 Å². The van der Waals surface area contributed by atoms with Crippen molar-refractivity contribution in [3.8, 4) is 0 Å². The smallest absolute Gasteiger partial charge is 0.0701 e. The highest BCUT2D eigenvalue weighted by Crippen LogP contribution is 2.04. The Balaban J connectivity index is 0.000000487. The normalized spacial score (nSPS) is 12.2. The summed E-state index contributed by atoms with van der Waals surface area (Å²) in [5.41, 5.74) is 1.30. The zero-order valence-corrected chi connectivity index (χ0v) is 12.2. The van der Waals surface area contributed by atoms with Crippen LogP contribution >= 0.6 is 0 Å². The number of rotatable bonds is 5. The summed E-state index contributed by atoms with van der Waals surface area (Å²) in [7, 11) is 0. The molecule has 102 valence electrons. The molecular formula is C17H28O. The van der Waals surface area contributed by atoms with E-state index in [-0.39, 0.29) is 0 Å². The minimum Gasteiger partial charge on any atom is -0.377 e. The quantitative estimate of drug-likeness (QED) is 0.507. The second-order valence-corrected chi connectivity index (χ2v) is 3.92. The van der Waals surface area contributed by atoms with Gasteiger partial charge < -0.3 is 4.74 Å². The van der Waals surface area contributed by atoms with Crippen molar-refractivity contribution in [2.45, 2.75) is 46.5 Å². The Hall–Kier alpha value is -1.08. The van der Waals surface area contributed by atoms with Gasteiger partial charge in [0, 0.05) is 0 Å². The van der Waals surface area contributed by atoms with E-state index >= 15 is 0 Å². The van der Waals surface area contributed by atoms with E-state index in [0.717, 1.165) is 13.2 Å². The lowest BCUT2D eigenvalue weighted by molar-refractivity contribution is 0.475. The topological polar surface area (TPSA) is 12.5 Å². The molecule has 0 saturated carbocycles. The molecule has 0 spiro atoms. The molecule has 1 aromatic rings. The molecule has 2 rings (SSSR count). The highest BCUT2D eigenvalue weighted by atomic mass is 16.6. The fourth-order valence-electron chi connectivity index (χ4n) is 1.30. The number of allylic oxidation sites excluding steroid dienone is 1. The predicted octanol–water partition coefficient (Wildman–Crippen LogP) is 5.32. The van der Waals surface area contributed by atoms with Crippen LogP contribution in [0.4, 0.5) is 0 Å². The van der Waals surface area contributed by atoms with Crippen LogP contribution in [-0.2, 0) is 4.74 Å². The Morgan fingerprint density at radius 3 is 2.17 bits per heavy atom. The van der Waals surface area contributed by atoms with Crippen molar-refractivity contribution in [2.75, 3.05) is 13.2 Å². The molecule has 1 saturated heterocycles. The Morgan fingerprint density at radius 2 is 1.67 bits per heavy atom. The summed E-state index contributed by atoms with van der Waals surface area (Å²) >= 11 is 0. The van der Waals surface area contributed by atoms with Crippen LogP contribution in [0, 0.1) is 0 Å². The summed E-state index contributed by atoms with van der Waals surface area (Å²) in [4.78, 5) is 0. The molecule has 1 aliphatic rings. The molecule has 1 heteroatoms. The average molecular weight is 248 g/mol. The molecule has 18 heavy (non-hydrogen) atoms. The summed E-state index contributed by atoms with van der Waals surface area (Å²) < 4.78 is 4.50. The molecule has 1 aromatic carbocycles. The van der Waals surface area contributed by atoms with Crippen molar-refractivity contribution >= 4 is 6.08 Å². The lowest BCUT2D eigenvalue weighted by atomic mass is 10.1. The number of epoxide rings is 1. The molecule has 0 aromatic heterocycles. The monoisotopic (exact) mass is 248 g/mol. The third kappa shape index (κ3) is 13.0. The van der Waals surface area contributed by atoms with E-state index < -0.39 is 0 Å². The highest BCUT2D eigenvalue weighted by Gasteiger charge is 1.94. The number of hydrogen-bond donors (Lipinski definition) is 0. The first-order valence-electron chi connectivity index (χ1n) is 7.23. The largest absolute Gasteiger partial charge is 0.377 e. The van der Waals surface area contributed by atoms with Gasteiger partial charge in [-0.05, 0) is 18.4 Å². The molecule has 0 N–H and O–H groups in total. The predicted molar refractivity (Wildman–Crippen MR) is 81.8 cm³/mol. The van der Waals surface area contributed by atoms with E-state index in [1.165, 1.54) is 31.2 Å². The van der Waals surface area contributed by atoms with Crippen LogP contribution in [0.15, 0.2) is 36.4 Å². The lowest BCUT2D eigenvalue weighted by Gasteiger charge is -1.92. The zero-order chi connectivity index (χ0) is 13.5. The van der Waals surface area contributed by atoms with Gasteiger partial charge in [0.1, 0.15) is 0 Å². The second kappa shape index (κ2) is 14.0. The second-order valence-electron chi connectivity index (χ2n) is 3.92. The van der Waals surface area contributed by atoms with E-state index in [1.54, 1.807) is 0 Å². The van der Waals surface area contributed by atoms with Crippen LogP contribution in [0.25, 0.3) is 6.08 Å². The number of hydrogen-bond acceptors (Lipinski definition) is 1. The van der Waals surface area contributed by atoms with Crippen LogP contribution in [-0.4, -0.2) is 13.2 Å². The van der Waals surface area contributed by atoms with E-state index in [2.05, 4.69) is 54.1 Å². The van der Waals surface area contributed by atoms with Crippen LogP contribution in [0.2, 0.25) is 0 Å². The molecule has 0 bridgehead atoms. The van der Waals surface area contributed by atoms with Gasteiger partial charge in [0.25, 0.3) is 0 Å². The van der Waals surface area contributed by atoms with Gasteiger partial charge in [-0.1, -0.05) is 76.1 Å². The molecule has 1 fully saturated rings. The van der Waals surface area contributed by atoms with Crippen molar-refractivity contribution in [3.05, 3.63) is 42.0 Å². The Labute approximate surface area is 113 Å². The minimum atomic E-state index is 1.00. The van der Waals surface area contributed by atoms with Crippen LogP contribution in [0.5, 0.6) is 0 Å². The van der Waals surface area contributed by atoms with Gasteiger partial charge in [0.05, 0.1) is 13.2 Å². The van der Waals surface area contributed by atoms with Gasteiger partial charge in [-0.2, -0.15) is 0 Å².